The quantitative estimate of drug-likeness (QED) is 0.521. The summed E-state index contributed by atoms with van der Waals surface area (Å²) in [5.74, 6) is 0.978. The molecular weight excluding hydrogens is 142 g/mol. The number of piperidine rings is 1. The van der Waals surface area contributed by atoms with Gasteiger partial charge in [0.2, 0.25) is 0 Å². The molecule has 1 saturated heterocycles. The molecular formula is C8H15NO2. The lowest BCUT2D eigenvalue weighted by Gasteiger charge is -2.26. The highest BCUT2D eigenvalue weighted by atomic mass is 16.2. The Kier molecular flexibility index (Phi) is 5.71. The molecule has 0 aliphatic carbocycles. The Bertz CT molecular complexity index is 112. The first-order valence-corrected chi connectivity index (χ1v) is 3.88. The van der Waals surface area contributed by atoms with Gasteiger partial charge in [-0.15, -0.1) is 0 Å². The highest BCUT2D eigenvalue weighted by Crippen LogP contribution is 2.13. The van der Waals surface area contributed by atoms with Crippen LogP contribution < -0.4 is 0 Å². The van der Waals surface area contributed by atoms with E-state index in [9.17, 15) is 0 Å². The fourth-order valence-corrected chi connectivity index (χ4v) is 1.14. The van der Waals surface area contributed by atoms with E-state index in [1.807, 2.05) is 0 Å². The minimum absolute atomic E-state index is 0.250. The van der Waals surface area contributed by atoms with Crippen molar-refractivity contribution in [3.05, 3.63) is 0 Å². The lowest BCUT2D eigenvalue weighted by Crippen LogP contribution is -2.28. The van der Waals surface area contributed by atoms with Crippen LogP contribution in [-0.2, 0) is 9.59 Å². The van der Waals surface area contributed by atoms with Crippen LogP contribution in [0.15, 0.2) is 0 Å². The van der Waals surface area contributed by atoms with E-state index in [2.05, 4.69) is 18.9 Å². The molecule has 0 bridgehead atoms. The Morgan fingerprint density at radius 3 is 1.91 bits per heavy atom. The molecule has 0 spiro atoms. The van der Waals surface area contributed by atoms with E-state index >= 15 is 0 Å². The summed E-state index contributed by atoms with van der Waals surface area (Å²) in [6.07, 6.45) is 3.05. The summed E-state index contributed by atoms with van der Waals surface area (Å²) in [5, 5.41) is 0. The minimum atomic E-state index is 0.250. The number of nitrogens with zero attached hydrogens (tertiary/aromatic N) is 1. The maximum Gasteiger partial charge on any atom is 0.373 e. The molecule has 0 aromatic heterocycles. The van der Waals surface area contributed by atoms with Crippen molar-refractivity contribution in [3.63, 3.8) is 0 Å². The van der Waals surface area contributed by atoms with Gasteiger partial charge in [0.25, 0.3) is 0 Å². The molecule has 3 heteroatoms. The van der Waals surface area contributed by atoms with Crippen molar-refractivity contribution in [1.82, 2.24) is 4.90 Å². The third kappa shape index (κ3) is 5.77. The van der Waals surface area contributed by atoms with Crippen LogP contribution in [0.4, 0.5) is 0 Å². The van der Waals surface area contributed by atoms with Gasteiger partial charge in [0.15, 0.2) is 0 Å². The molecule has 0 amide bonds. The van der Waals surface area contributed by atoms with E-state index in [0.29, 0.717) is 0 Å². The second-order valence-electron chi connectivity index (χ2n) is 3.07. The van der Waals surface area contributed by atoms with Gasteiger partial charge in [0.1, 0.15) is 0 Å². The van der Waals surface area contributed by atoms with Crippen LogP contribution in [0.25, 0.3) is 0 Å². The van der Waals surface area contributed by atoms with Crippen molar-refractivity contribution in [2.75, 3.05) is 20.1 Å². The molecule has 0 aromatic carbocycles. The van der Waals surface area contributed by atoms with E-state index in [-0.39, 0.29) is 6.15 Å². The monoisotopic (exact) mass is 157 g/mol. The van der Waals surface area contributed by atoms with Crippen molar-refractivity contribution >= 4 is 6.15 Å². The molecule has 0 atom stereocenters. The summed E-state index contributed by atoms with van der Waals surface area (Å²) in [4.78, 5) is 18.7. The van der Waals surface area contributed by atoms with Gasteiger partial charge in [-0.2, -0.15) is 9.59 Å². The highest BCUT2D eigenvalue weighted by molar-refractivity contribution is 5.20. The van der Waals surface area contributed by atoms with E-state index in [1.165, 1.54) is 25.9 Å². The largest absolute Gasteiger partial charge is 0.373 e. The standard InChI is InChI=1S/C7H15N.CO2/c1-7-3-5-8(2)6-4-7;2-1-3/h7H,3-6H2,1-2H3;. The Labute approximate surface area is 67.4 Å². The average molecular weight is 157 g/mol. The topological polar surface area (TPSA) is 37.4 Å². The summed E-state index contributed by atoms with van der Waals surface area (Å²) in [6.45, 7) is 4.95. The normalized spacial score (nSPS) is 19.8. The zero-order valence-electron chi connectivity index (χ0n) is 7.17. The van der Waals surface area contributed by atoms with Gasteiger partial charge in [0, 0.05) is 0 Å². The van der Waals surface area contributed by atoms with E-state index in [0.717, 1.165) is 5.92 Å². The van der Waals surface area contributed by atoms with Gasteiger partial charge in [0.05, 0.1) is 0 Å². The molecule has 0 saturated carbocycles. The maximum absolute atomic E-state index is 8.12. The molecule has 0 unspecified atom stereocenters. The van der Waals surface area contributed by atoms with Gasteiger partial charge < -0.3 is 4.90 Å². The third-order valence-electron chi connectivity index (χ3n) is 2.01. The van der Waals surface area contributed by atoms with Gasteiger partial charge in [-0.25, -0.2) is 0 Å². The summed E-state index contributed by atoms with van der Waals surface area (Å²) < 4.78 is 0. The van der Waals surface area contributed by atoms with E-state index in [4.69, 9.17) is 9.59 Å². The molecule has 1 heterocycles. The maximum atomic E-state index is 8.12. The van der Waals surface area contributed by atoms with Crippen molar-refractivity contribution < 1.29 is 9.59 Å². The lowest BCUT2D eigenvalue weighted by atomic mass is 10.00. The van der Waals surface area contributed by atoms with Crippen molar-refractivity contribution in [2.45, 2.75) is 19.8 Å². The predicted octanol–water partition coefficient (Wildman–Crippen LogP) is 0.765. The number of hydrogen-bond donors (Lipinski definition) is 0. The first-order chi connectivity index (χ1) is 5.20. The van der Waals surface area contributed by atoms with Gasteiger partial charge in [-0.1, -0.05) is 6.92 Å². The smallest absolute Gasteiger partial charge is 0.306 e. The lowest BCUT2D eigenvalue weighted by molar-refractivity contribution is -0.191. The van der Waals surface area contributed by atoms with E-state index in [1.54, 1.807) is 0 Å². The summed E-state index contributed by atoms with van der Waals surface area (Å²) in [5.41, 5.74) is 0. The van der Waals surface area contributed by atoms with Gasteiger partial charge >= 0.3 is 6.15 Å². The second kappa shape index (κ2) is 6.08. The molecule has 0 aromatic rings. The molecule has 11 heavy (non-hydrogen) atoms. The zero-order valence-corrected chi connectivity index (χ0v) is 7.17. The molecule has 0 radical (unpaired) electrons. The molecule has 1 fully saturated rings. The molecule has 1 aliphatic rings. The van der Waals surface area contributed by atoms with Crippen LogP contribution in [0.2, 0.25) is 0 Å². The fourth-order valence-electron chi connectivity index (χ4n) is 1.14. The van der Waals surface area contributed by atoms with Crippen LogP contribution in [0, 0.1) is 5.92 Å². The SMILES string of the molecule is CC1CCN(C)CC1.O=C=O. The summed E-state index contributed by atoms with van der Waals surface area (Å²) in [7, 11) is 2.20. The molecule has 3 nitrogen and oxygen atoms in total. The second-order valence-corrected chi connectivity index (χ2v) is 3.07. The Morgan fingerprint density at radius 1 is 1.27 bits per heavy atom. The highest BCUT2D eigenvalue weighted by Gasteiger charge is 2.10. The summed E-state index contributed by atoms with van der Waals surface area (Å²) >= 11 is 0. The zero-order chi connectivity index (χ0) is 8.69. The van der Waals surface area contributed by atoms with E-state index < -0.39 is 0 Å². The van der Waals surface area contributed by atoms with Crippen molar-refractivity contribution in [2.24, 2.45) is 5.92 Å². The predicted molar refractivity (Wildman–Crippen MR) is 40.9 cm³/mol. The Balaban J connectivity index is 0.000000292. The molecule has 0 N–H and O–H groups in total. The number of hydrogen-bond acceptors (Lipinski definition) is 3. The first kappa shape index (κ1) is 10.3. The summed E-state index contributed by atoms with van der Waals surface area (Å²) in [6, 6.07) is 0. The molecule has 1 aliphatic heterocycles. The van der Waals surface area contributed by atoms with Gasteiger partial charge in [-0.05, 0) is 38.9 Å². The van der Waals surface area contributed by atoms with Crippen LogP contribution in [-0.4, -0.2) is 31.2 Å². The Morgan fingerprint density at radius 2 is 1.64 bits per heavy atom. The number of carbonyl (C=O) groups excluding carboxylic acids is 2. The van der Waals surface area contributed by atoms with Crippen molar-refractivity contribution in [3.8, 4) is 0 Å². The van der Waals surface area contributed by atoms with Crippen LogP contribution in [0.5, 0.6) is 0 Å². The number of likely N-dealkylation sites (tertiary alicyclic amines) is 1. The average Bonchev–Trinajstić information content (AvgIpc) is 1.97. The molecule has 1 rings (SSSR count). The molecule has 64 valence electrons. The number of rotatable bonds is 0. The van der Waals surface area contributed by atoms with Crippen molar-refractivity contribution in [1.29, 1.82) is 0 Å². The fraction of sp³-hybridized carbons (Fsp3) is 0.875. The van der Waals surface area contributed by atoms with Crippen LogP contribution >= 0.6 is 0 Å². The minimum Gasteiger partial charge on any atom is -0.306 e. The Hall–Kier alpha value is -0.660. The van der Waals surface area contributed by atoms with Gasteiger partial charge in [-0.3, -0.25) is 0 Å². The third-order valence-corrected chi connectivity index (χ3v) is 2.01. The first-order valence-electron chi connectivity index (χ1n) is 3.88. The van der Waals surface area contributed by atoms with Crippen LogP contribution in [0.3, 0.4) is 0 Å². The van der Waals surface area contributed by atoms with Crippen LogP contribution in [0.1, 0.15) is 19.8 Å².